The molecule has 19 heavy (non-hydrogen) atoms. The first-order chi connectivity index (χ1) is 9.20. The summed E-state index contributed by atoms with van der Waals surface area (Å²) in [4.78, 5) is 12.4. The Morgan fingerprint density at radius 3 is 2.68 bits per heavy atom. The number of benzene rings is 1. The molecule has 0 unspecified atom stereocenters. The Bertz CT molecular complexity index is 675. The zero-order valence-corrected chi connectivity index (χ0v) is 10.9. The SMILES string of the molecule is Cc1c([O-])[n+]2c(n(-c3ccccc3)c1=O)CCCC2. The van der Waals surface area contributed by atoms with Crippen LogP contribution < -0.4 is 15.2 Å². The lowest BCUT2D eigenvalue weighted by molar-refractivity contribution is -0.750. The van der Waals surface area contributed by atoms with E-state index in [0.29, 0.717) is 12.1 Å². The minimum absolute atomic E-state index is 0.133. The minimum Gasteiger partial charge on any atom is -0.842 e. The van der Waals surface area contributed by atoms with Gasteiger partial charge in [0.05, 0.1) is 18.0 Å². The lowest BCUT2D eigenvalue weighted by Gasteiger charge is -2.22. The molecular formula is C15H16N2O2. The molecule has 0 saturated carbocycles. The molecule has 3 rings (SSSR count). The Morgan fingerprint density at radius 2 is 1.95 bits per heavy atom. The Labute approximate surface area is 111 Å². The van der Waals surface area contributed by atoms with Crippen LogP contribution in [0.5, 0.6) is 5.88 Å². The van der Waals surface area contributed by atoms with Crippen LogP contribution in [0.2, 0.25) is 0 Å². The van der Waals surface area contributed by atoms with Crippen LogP contribution in [-0.4, -0.2) is 4.57 Å². The van der Waals surface area contributed by atoms with Gasteiger partial charge in [-0.2, -0.15) is 4.57 Å². The van der Waals surface area contributed by atoms with E-state index in [-0.39, 0.29) is 11.4 Å². The van der Waals surface area contributed by atoms with Gasteiger partial charge in [0, 0.05) is 6.42 Å². The number of para-hydroxylation sites is 1. The molecule has 1 aliphatic heterocycles. The Kier molecular flexibility index (Phi) is 2.85. The van der Waals surface area contributed by atoms with Gasteiger partial charge in [-0.05, 0) is 31.9 Å². The van der Waals surface area contributed by atoms with Gasteiger partial charge in [0.2, 0.25) is 0 Å². The van der Waals surface area contributed by atoms with Crippen molar-refractivity contribution in [3.8, 4) is 11.6 Å². The van der Waals surface area contributed by atoms with Crippen LogP contribution in [0.3, 0.4) is 0 Å². The number of rotatable bonds is 1. The molecule has 2 heterocycles. The highest BCUT2D eigenvalue weighted by Gasteiger charge is 2.25. The van der Waals surface area contributed by atoms with Crippen LogP contribution in [0.15, 0.2) is 35.1 Å². The van der Waals surface area contributed by atoms with Crippen molar-refractivity contribution in [2.75, 3.05) is 0 Å². The van der Waals surface area contributed by atoms with E-state index in [4.69, 9.17) is 0 Å². The number of fused-ring (bicyclic) bond motifs is 1. The maximum Gasteiger partial charge on any atom is 0.344 e. The molecule has 0 spiro atoms. The number of aromatic nitrogens is 2. The molecule has 4 nitrogen and oxygen atoms in total. The molecular weight excluding hydrogens is 240 g/mol. The van der Waals surface area contributed by atoms with E-state index >= 15 is 0 Å². The molecule has 0 amide bonds. The van der Waals surface area contributed by atoms with E-state index in [1.165, 1.54) is 0 Å². The maximum absolute atomic E-state index is 12.4. The van der Waals surface area contributed by atoms with Gasteiger partial charge < -0.3 is 5.11 Å². The predicted octanol–water partition coefficient (Wildman–Crippen LogP) is 0.843. The average molecular weight is 256 g/mol. The molecule has 4 heteroatoms. The van der Waals surface area contributed by atoms with Crippen molar-refractivity contribution in [1.82, 2.24) is 4.57 Å². The topological polar surface area (TPSA) is 48.9 Å². The third-order valence-corrected chi connectivity index (χ3v) is 3.71. The fourth-order valence-corrected chi connectivity index (χ4v) is 2.69. The molecule has 2 aromatic rings. The first kappa shape index (κ1) is 12.0. The molecule has 98 valence electrons. The van der Waals surface area contributed by atoms with E-state index in [0.717, 1.165) is 30.8 Å². The summed E-state index contributed by atoms with van der Waals surface area (Å²) in [5, 5.41) is 12.2. The molecule has 0 fully saturated rings. The number of nitrogens with zero attached hydrogens (tertiary/aromatic N) is 2. The third-order valence-electron chi connectivity index (χ3n) is 3.71. The molecule has 0 bridgehead atoms. The molecule has 1 aromatic heterocycles. The van der Waals surface area contributed by atoms with Crippen molar-refractivity contribution in [2.24, 2.45) is 0 Å². The second-order valence-corrected chi connectivity index (χ2v) is 4.93. The van der Waals surface area contributed by atoms with Crippen LogP contribution >= 0.6 is 0 Å². The summed E-state index contributed by atoms with van der Waals surface area (Å²) in [5.41, 5.74) is 0.945. The van der Waals surface area contributed by atoms with Gasteiger partial charge in [0.1, 0.15) is 5.69 Å². The molecule has 0 N–H and O–H groups in total. The van der Waals surface area contributed by atoms with Crippen LogP contribution in [0, 0.1) is 6.92 Å². The first-order valence-electron chi connectivity index (χ1n) is 6.61. The van der Waals surface area contributed by atoms with Gasteiger partial charge >= 0.3 is 5.56 Å². The Balaban J connectivity index is 2.36. The largest absolute Gasteiger partial charge is 0.842 e. The average Bonchev–Trinajstić information content (AvgIpc) is 2.46. The summed E-state index contributed by atoms with van der Waals surface area (Å²) in [7, 11) is 0. The second-order valence-electron chi connectivity index (χ2n) is 4.93. The van der Waals surface area contributed by atoms with E-state index in [2.05, 4.69) is 0 Å². The molecule has 0 aliphatic carbocycles. The summed E-state index contributed by atoms with van der Waals surface area (Å²) in [6.45, 7) is 2.33. The zero-order valence-electron chi connectivity index (χ0n) is 10.9. The van der Waals surface area contributed by atoms with Gasteiger partial charge in [-0.3, -0.25) is 0 Å². The highest BCUT2D eigenvalue weighted by Crippen LogP contribution is 2.15. The summed E-state index contributed by atoms with van der Waals surface area (Å²) in [6.07, 6.45) is 2.80. The fourth-order valence-electron chi connectivity index (χ4n) is 2.69. The van der Waals surface area contributed by atoms with Crippen molar-refractivity contribution >= 4 is 0 Å². The summed E-state index contributed by atoms with van der Waals surface area (Å²) in [6, 6.07) is 9.54. The predicted molar refractivity (Wildman–Crippen MR) is 69.4 cm³/mol. The van der Waals surface area contributed by atoms with E-state index < -0.39 is 0 Å². The summed E-state index contributed by atoms with van der Waals surface area (Å²) < 4.78 is 3.45. The van der Waals surface area contributed by atoms with Crippen molar-refractivity contribution in [1.29, 1.82) is 0 Å². The van der Waals surface area contributed by atoms with Crippen LogP contribution in [0.25, 0.3) is 5.69 Å². The molecule has 1 aromatic carbocycles. The van der Waals surface area contributed by atoms with Gasteiger partial charge in [0.25, 0.3) is 5.82 Å². The second kappa shape index (κ2) is 4.53. The Morgan fingerprint density at radius 1 is 1.21 bits per heavy atom. The first-order valence-corrected chi connectivity index (χ1v) is 6.61. The molecule has 1 aliphatic rings. The highest BCUT2D eigenvalue weighted by molar-refractivity contribution is 5.34. The van der Waals surface area contributed by atoms with Crippen LogP contribution in [0.4, 0.5) is 0 Å². The monoisotopic (exact) mass is 256 g/mol. The van der Waals surface area contributed by atoms with Crippen LogP contribution in [-0.2, 0) is 13.0 Å². The van der Waals surface area contributed by atoms with Gasteiger partial charge in [-0.1, -0.05) is 18.2 Å². The summed E-state index contributed by atoms with van der Waals surface area (Å²) in [5.74, 6) is 0.699. The van der Waals surface area contributed by atoms with Gasteiger partial charge in [-0.25, -0.2) is 9.36 Å². The zero-order chi connectivity index (χ0) is 13.4. The van der Waals surface area contributed by atoms with Crippen LogP contribution in [0.1, 0.15) is 24.2 Å². The quantitative estimate of drug-likeness (QED) is 0.710. The third kappa shape index (κ3) is 1.84. The maximum atomic E-state index is 12.4. The normalized spacial score (nSPS) is 14.2. The van der Waals surface area contributed by atoms with E-state index in [9.17, 15) is 9.90 Å². The minimum atomic E-state index is -0.190. The fraction of sp³-hybridized carbons (Fsp3) is 0.333. The van der Waals surface area contributed by atoms with E-state index in [1.807, 2.05) is 30.3 Å². The standard InChI is InChI=1S/C15H16N2O2/c1-11-14(18)16-10-6-5-9-13(16)17(15(11)19)12-7-3-2-4-8-12/h2-4,7-8H,5-6,9-10H2,1H3. The molecule has 0 radical (unpaired) electrons. The molecule has 0 saturated heterocycles. The van der Waals surface area contributed by atoms with Crippen molar-refractivity contribution in [3.05, 3.63) is 52.1 Å². The Hall–Kier alpha value is -2.10. The molecule has 0 atom stereocenters. The highest BCUT2D eigenvalue weighted by atomic mass is 16.3. The smallest absolute Gasteiger partial charge is 0.344 e. The van der Waals surface area contributed by atoms with Crippen molar-refractivity contribution in [2.45, 2.75) is 32.7 Å². The lowest BCUT2D eigenvalue weighted by Crippen LogP contribution is -2.51. The van der Waals surface area contributed by atoms with Crippen molar-refractivity contribution in [3.63, 3.8) is 0 Å². The van der Waals surface area contributed by atoms with Gasteiger partial charge in [-0.15, -0.1) is 0 Å². The number of hydrogen-bond donors (Lipinski definition) is 0. The number of hydrogen-bond acceptors (Lipinski definition) is 2. The lowest BCUT2D eigenvalue weighted by atomic mass is 10.1. The summed E-state index contributed by atoms with van der Waals surface area (Å²) >= 11 is 0. The van der Waals surface area contributed by atoms with Gasteiger partial charge in [0.15, 0.2) is 0 Å². The van der Waals surface area contributed by atoms with Crippen molar-refractivity contribution < 1.29 is 9.67 Å². The van der Waals surface area contributed by atoms with E-state index in [1.54, 1.807) is 16.1 Å².